The van der Waals surface area contributed by atoms with Crippen LogP contribution in [0.1, 0.15) is 17.8 Å². The molecule has 1 aromatic rings. The van der Waals surface area contributed by atoms with Crippen molar-refractivity contribution >= 4 is 0 Å². The number of aliphatic hydroxyl groups excluding tert-OH is 1. The zero-order valence-corrected chi connectivity index (χ0v) is 9.16. The van der Waals surface area contributed by atoms with Crippen LogP contribution in [0, 0.1) is 13.8 Å². The van der Waals surface area contributed by atoms with Gasteiger partial charge in [0.1, 0.15) is 0 Å². The van der Waals surface area contributed by atoms with E-state index in [0.717, 1.165) is 13.0 Å². The van der Waals surface area contributed by atoms with Gasteiger partial charge in [0.25, 0.3) is 0 Å². The Bertz CT molecular complexity index is 261. The summed E-state index contributed by atoms with van der Waals surface area (Å²) in [4.78, 5) is 0. The van der Waals surface area contributed by atoms with Gasteiger partial charge >= 0.3 is 0 Å². The maximum Gasteiger partial charge on any atom is 0.0790 e. The summed E-state index contributed by atoms with van der Waals surface area (Å²) < 4.78 is 7.08. The van der Waals surface area contributed by atoms with Crippen molar-refractivity contribution in [1.29, 1.82) is 0 Å². The standard InChI is InChI=1S/C11H19NO2/c1-9-4-5-10(2)12(9)7-6-11(13)8-14-3/h4-5,11,13H,6-8H2,1-3H3. The van der Waals surface area contributed by atoms with Crippen molar-refractivity contribution in [3.8, 4) is 0 Å². The fourth-order valence-electron chi connectivity index (χ4n) is 1.61. The van der Waals surface area contributed by atoms with Crippen molar-refractivity contribution in [3.05, 3.63) is 23.5 Å². The van der Waals surface area contributed by atoms with E-state index in [0.29, 0.717) is 6.61 Å². The highest BCUT2D eigenvalue weighted by Crippen LogP contribution is 2.08. The second kappa shape index (κ2) is 5.17. The Balaban J connectivity index is 2.45. The van der Waals surface area contributed by atoms with E-state index in [9.17, 15) is 5.11 Å². The summed E-state index contributed by atoms with van der Waals surface area (Å²) in [5.74, 6) is 0. The van der Waals surface area contributed by atoms with Crippen LogP contribution >= 0.6 is 0 Å². The first-order chi connectivity index (χ1) is 6.65. The smallest absolute Gasteiger partial charge is 0.0790 e. The molecule has 1 N–H and O–H groups in total. The van der Waals surface area contributed by atoms with Gasteiger partial charge in [-0.1, -0.05) is 0 Å². The number of ether oxygens (including phenoxy) is 1. The Kier molecular flexibility index (Phi) is 4.17. The van der Waals surface area contributed by atoms with Crippen LogP contribution in [0.25, 0.3) is 0 Å². The second-order valence-electron chi connectivity index (χ2n) is 3.67. The number of rotatable bonds is 5. The number of hydrogen-bond donors (Lipinski definition) is 1. The van der Waals surface area contributed by atoms with Crippen LogP contribution < -0.4 is 0 Å². The molecule has 3 heteroatoms. The minimum Gasteiger partial charge on any atom is -0.391 e. The fourth-order valence-corrected chi connectivity index (χ4v) is 1.61. The summed E-state index contributed by atoms with van der Waals surface area (Å²) in [7, 11) is 1.61. The monoisotopic (exact) mass is 197 g/mol. The molecule has 3 nitrogen and oxygen atoms in total. The van der Waals surface area contributed by atoms with Gasteiger partial charge in [0.2, 0.25) is 0 Å². The molecule has 0 aliphatic rings. The Morgan fingerprint density at radius 3 is 2.43 bits per heavy atom. The third-order valence-electron chi connectivity index (χ3n) is 2.46. The van der Waals surface area contributed by atoms with Gasteiger partial charge < -0.3 is 14.4 Å². The van der Waals surface area contributed by atoms with Gasteiger partial charge in [-0.25, -0.2) is 0 Å². The van der Waals surface area contributed by atoms with Crippen molar-refractivity contribution in [3.63, 3.8) is 0 Å². The highest BCUT2D eigenvalue weighted by Gasteiger charge is 2.05. The van der Waals surface area contributed by atoms with Crippen molar-refractivity contribution < 1.29 is 9.84 Å². The molecule has 1 heterocycles. The first kappa shape index (κ1) is 11.3. The summed E-state index contributed by atoms with van der Waals surface area (Å²) in [5.41, 5.74) is 2.49. The summed E-state index contributed by atoms with van der Waals surface area (Å²) in [5, 5.41) is 9.49. The van der Waals surface area contributed by atoms with Gasteiger partial charge in [-0.15, -0.1) is 0 Å². The molecule has 0 aliphatic heterocycles. The lowest BCUT2D eigenvalue weighted by atomic mass is 10.2. The van der Waals surface area contributed by atoms with Gasteiger partial charge in [0.15, 0.2) is 0 Å². The molecule has 1 rings (SSSR count). The molecule has 1 atom stereocenters. The Morgan fingerprint density at radius 2 is 1.93 bits per heavy atom. The van der Waals surface area contributed by atoms with E-state index in [1.54, 1.807) is 7.11 Å². The second-order valence-corrected chi connectivity index (χ2v) is 3.67. The van der Waals surface area contributed by atoms with Crippen LogP contribution in [0.5, 0.6) is 0 Å². The van der Waals surface area contributed by atoms with Crippen molar-refractivity contribution in [1.82, 2.24) is 4.57 Å². The molecule has 0 saturated carbocycles. The topological polar surface area (TPSA) is 34.4 Å². The van der Waals surface area contributed by atoms with E-state index in [1.165, 1.54) is 11.4 Å². The lowest BCUT2D eigenvalue weighted by Crippen LogP contribution is -2.17. The number of aromatic nitrogens is 1. The van der Waals surface area contributed by atoms with Crippen LogP contribution in [0.4, 0.5) is 0 Å². The highest BCUT2D eigenvalue weighted by atomic mass is 16.5. The number of nitrogens with zero attached hydrogens (tertiary/aromatic N) is 1. The minimum atomic E-state index is -0.360. The van der Waals surface area contributed by atoms with E-state index in [1.807, 2.05) is 0 Å². The molecule has 1 aromatic heterocycles. The maximum absolute atomic E-state index is 9.49. The number of hydrogen-bond acceptors (Lipinski definition) is 2. The summed E-state index contributed by atoms with van der Waals surface area (Å²) in [6, 6.07) is 4.19. The Hall–Kier alpha value is -0.800. The molecule has 0 saturated heterocycles. The molecular formula is C11H19NO2. The van der Waals surface area contributed by atoms with Gasteiger partial charge in [0.05, 0.1) is 12.7 Å². The van der Waals surface area contributed by atoms with Crippen LogP contribution in [0.15, 0.2) is 12.1 Å². The quantitative estimate of drug-likeness (QED) is 0.776. The van der Waals surface area contributed by atoms with Gasteiger partial charge in [-0.2, -0.15) is 0 Å². The average molecular weight is 197 g/mol. The zero-order valence-electron chi connectivity index (χ0n) is 9.16. The maximum atomic E-state index is 9.49. The number of aliphatic hydroxyl groups is 1. The fraction of sp³-hybridized carbons (Fsp3) is 0.636. The first-order valence-corrected chi connectivity index (χ1v) is 4.95. The van der Waals surface area contributed by atoms with Gasteiger partial charge in [-0.3, -0.25) is 0 Å². The lowest BCUT2D eigenvalue weighted by Gasteiger charge is -2.12. The zero-order chi connectivity index (χ0) is 10.6. The lowest BCUT2D eigenvalue weighted by molar-refractivity contribution is 0.0563. The third kappa shape index (κ3) is 2.86. The Labute approximate surface area is 85.3 Å². The highest BCUT2D eigenvalue weighted by molar-refractivity contribution is 5.13. The molecule has 80 valence electrons. The van der Waals surface area contributed by atoms with Crippen LogP contribution in [-0.4, -0.2) is 29.5 Å². The van der Waals surface area contributed by atoms with Crippen molar-refractivity contribution in [2.24, 2.45) is 0 Å². The van der Waals surface area contributed by atoms with Crippen LogP contribution in [0.3, 0.4) is 0 Å². The molecule has 0 fully saturated rings. The molecule has 1 unspecified atom stereocenters. The van der Waals surface area contributed by atoms with Gasteiger partial charge in [0, 0.05) is 25.0 Å². The van der Waals surface area contributed by atoms with E-state index >= 15 is 0 Å². The van der Waals surface area contributed by atoms with Crippen LogP contribution in [-0.2, 0) is 11.3 Å². The van der Waals surface area contributed by atoms with E-state index < -0.39 is 0 Å². The first-order valence-electron chi connectivity index (χ1n) is 4.95. The molecule has 0 amide bonds. The molecule has 14 heavy (non-hydrogen) atoms. The van der Waals surface area contributed by atoms with E-state index in [-0.39, 0.29) is 6.10 Å². The summed E-state index contributed by atoms with van der Waals surface area (Å²) >= 11 is 0. The SMILES string of the molecule is COCC(O)CCn1c(C)ccc1C. The van der Waals surface area contributed by atoms with Crippen LogP contribution in [0.2, 0.25) is 0 Å². The number of methoxy groups -OCH3 is 1. The van der Waals surface area contributed by atoms with E-state index in [4.69, 9.17) is 4.74 Å². The van der Waals surface area contributed by atoms with E-state index in [2.05, 4.69) is 30.5 Å². The Morgan fingerprint density at radius 1 is 1.36 bits per heavy atom. The molecule has 0 spiro atoms. The van der Waals surface area contributed by atoms with Crippen molar-refractivity contribution in [2.45, 2.75) is 32.9 Å². The molecule has 0 bridgehead atoms. The largest absolute Gasteiger partial charge is 0.391 e. The minimum absolute atomic E-state index is 0.360. The summed E-state index contributed by atoms with van der Waals surface area (Å²) in [6.07, 6.45) is 0.380. The van der Waals surface area contributed by atoms with Crippen molar-refractivity contribution in [2.75, 3.05) is 13.7 Å². The predicted octanol–water partition coefficient (Wildman–Crippen LogP) is 1.50. The molecular weight excluding hydrogens is 178 g/mol. The summed E-state index contributed by atoms with van der Waals surface area (Å²) in [6.45, 7) is 5.43. The molecule has 0 radical (unpaired) electrons. The normalized spacial score (nSPS) is 13.1. The third-order valence-corrected chi connectivity index (χ3v) is 2.46. The molecule has 0 aliphatic carbocycles. The van der Waals surface area contributed by atoms with Gasteiger partial charge in [-0.05, 0) is 32.4 Å². The number of aryl methyl sites for hydroxylation is 2. The average Bonchev–Trinajstić information content (AvgIpc) is 2.44. The predicted molar refractivity (Wildman–Crippen MR) is 56.4 cm³/mol. The molecule has 0 aromatic carbocycles.